The van der Waals surface area contributed by atoms with Gasteiger partial charge in [0.1, 0.15) is 5.75 Å². The van der Waals surface area contributed by atoms with Crippen LogP contribution in [0.2, 0.25) is 0 Å². The predicted molar refractivity (Wildman–Crippen MR) is 58.2 cm³/mol. The van der Waals surface area contributed by atoms with Crippen LogP contribution in [0.1, 0.15) is 0 Å². The third kappa shape index (κ3) is 4.02. The Morgan fingerprint density at radius 1 is 1.32 bits per heavy atom. The zero-order valence-corrected chi connectivity index (χ0v) is 9.96. The molecule has 0 bridgehead atoms. The number of halogens is 3. The topological polar surface area (TPSA) is 92.7 Å². The highest BCUT2D eigenvalue weighted by atomic mass is 32.2. The highest BCUT2D eigenvalue weighted by molar-refractivity contribution is 7.93. The molecule has 10 heteroatoms. The molecule has 1 aromatic rings. The summed E-state index contributed by atoms with van der Waals surface area (Å²) in [6.45, 7) is -0.815. The zero-order valence-electron chi connectivity index (χ0n) is 9.14. The van der Waals surface area contributed by atoms with Crippen molar-refractivity contribution < 1.29 is 36.2 Å². The molecule has 0 spiro atoms. The first-order valence-electron chi connectivity index (χ1n) is 4.66. The number of benzene rings is 1. The van der Waals surface area contributed by atoms with Gasteiger partial charge in [0.2, 0.25) is 0 Å². The number of para-hydroxylation sites is 2. The highest BCUT2D eigenvalue weighted by Gasteiger charge is 2.46. The highest BCUT2D eigenvalue weighted by Crippen LogP contribution is 2.30. The van der Waals surface area contributed by atoms with E-state index in [-0.39, 0.29) is 5.75 Å². The largest absolute Gasteiger partial charge is 0.516 e. The van der Waals surface area contributed by atoms with Crippen LogP contribution in [-0.4, -0.2) is 31.6 Å². The van der Waals surface area contributed by atoms with Gasteiger partial charge in [-0.2, -0.15) is 21.6 Å². The quantitative estimate of drug-likeness (QED) is 0.857. The van der Waals surface area contributed by atoms with Crippen molar-refractivity contribution in [3.05, 3.63) is 24.3 Å². The fraction of sp³-hybridized carbons (Fsp3) is 0.222. The van der Waals surface area contributed by atoms with Gasteiger partial charge in [-0.05, 0) is 12.1 Å². The van der Waals surface area contributed by atoms with Crippen molar-refractivity contribution >= 4 is 21.7 Å². The number of hydrogen-bond acceptors (Lipinski definition) is 4. The number of aliphatic carboxylic acids is 1. The van der Waals surface area contributed by atoms with E-state index in [2.05, 4.69) is 4.74 Å². The molecule has 2 N–H and O–H groups in total. The Hall–Kier alpha value is -1.97. The van der Waals surface area contributed by atoms with E-state index in [0.717, 1.165) is 12.1 Å². The van der Waals surface area contributed by atoms with Gasteiger partial charge >= 0.3 is 21.5 Å². The van der Waals surface area contributed by atoms with Crippen molar-refractivity contribution in [3.63, 3.8) is 0 Å². The maximum atomic E-state index is 12.2. The number of rotatable bonds is 5. The summed E-state index contributed by atoms with van der Waals surface area (Å²) in [6, 6.07) is 4.77. The number of hydrogen-bond donors (Lipinski definition) is 2. The Morgan fingerprint density at radius 3 is 2.42 bits per heavy atom. The average molecular weight is 299 g/mol. The first-order chi connectivity index (χ1) is 8.63. The van der Waals surface area contributed by atoms with Crippen LogP contribution in [0.4, 0.5) is 18.9 Å². The van der Waals surface area contributed by atoms with Crippen molar-refractivity contribution in [1.29, 1.82) is 0 Å². The van der Waals surface area contributed by atoms with Crippen molar-refractivity contribution in [2.24, 2.45) is 0 Å². The van der Waals surface area contributed by atoms with Crippen molar-refractivity contribution in [2.45, 2.75) is 5.51 Å². The maximum absolute atomic E-state index is 12.2. The number of sulfonamides is 1. The van der Waals surface area contributed by atoms with Gasteiger partial charge in [-0.3, -0.25) is 4.72 Å². The Kier molecular flexibility index (Phi) is 4.24. The number of alkyl halides is 3. The lowest BCUT2D eigenvalue weighted by molar-refractivity contribution is -0.139. The number of anilines is 1. The average Bonchev–Trinajstić information content (AvgIpc) is 2.25. The molecule has 0 aromatic heterocycles. The van der Waals surface area contributed by atoms with Crippen LogP contribution in [-0.2, 0) is 14.8 Å². The Balaban J connectivity index is 2.99. The first kappa shape index (κ1) is 15.1. The Morgan fingerprint density at radius 2 is 1.89 bits per heavy atom. The van der Waals surface area contributed by atoms with Gasteiger partial charge in [0.15, 0.2) is 6.61 Å². The lowest BCUT2D eigenvalue weighted by Crippen LogP contribution is -2.30. The summed E-state index contributed by atoms with van der Waals surface area (Å²) in [7, 11) is -5.59. The fourth-order valence-corrected chi connectivity index (χ4v) is 1.59. The number of carboxylic acids is 1. The molecule has 0 amide bonds. The number of nitrogens with one attached hydrogen (secondary N) is 1. The SMILES string of the molecule is O=C(O)COc1ccccc1NS(=O)(=O)C(F)(F)F. The van der Waals surface area contributed by atoms with E-state index in [9.17, 15) is 26.4 Å². The summed E-state index contributed by atoms with van der Waals surface area (Å²) in [6.07, 6.45) is 0. The molecule has 0 aliphatic rings. The third-order valence-electron chi connectivity index (χ3n) is 1.79. The van der Waals surface area contributed by atoms with Gasteiger partial charge in [-0.1, -0.05) is 12.1 Å². The minimum absolute atomic E-state index is 0.322. The molecule has 106 valence electrons. The van der Waals surface area contributed by atoms with Gasteiger partial charge in [0, 0.05) is 0 Å². The van der Waals surface area contributed by atoms with Crippen molar-refractivity contribution in [1.82, 2.24) is 0 Å². The normalized spacial score (nSPS) is 11.9. The molecule has 0 aliphatic heterocycles. The second kappa shape index (κ2) is 5.34. The Bertz CT molecular complexity index is 569. The van der Waals surface area contributed by atoms with Crippen LogP contribution in [0.5, 0.6) is 5.75 Å². The summed E-state index contributed by atoms with van der Waals surface area (Å²) in [5.41, 5.74) is -5.98. The van der Waals surface area contributed by atoms with Crippen LogP contribution >= 0.6 is 0 Å². The van der Waals surface area contributed by atoms with Crippen molar-refractivity contribution in [2.75, 3.05) is 11.3 Å². The molecule has 0 aliphatic carbocycles. The van der Waals surface area contributed by atoms with Crippen LogP contribution in [0.15, 0.2) is 24.3 Å². The smallest absolute Gasteiger partial charge is 0.480 e. The molecule has 0 saturated heterocycles. The molecule has 0 atom stereocenters. The second-order valence-electron chi connectivity index (χ2n) is 3.23. The van der Waals surface area contributed by atoms with Crippen LogP contribution in [0, 0.1) is 0 Å². The molecule has 0 radical (unpaired) electrons. The summed E-state index contributed by atoms with van der Waals surface area (Å²) in [4.78, 5) is 10.3. The van der Waals surface area contributed by atoms with Gasteiger partial charge in [0.05, 0.1) is 5.69 Å². The first-order valence-corrected chi connectivity index (χ1v) is 6.14. The molecule has 1 rings (SSSR count). The van der Waals surface area contributed by atoms with Crippen LogP contribution in [0.25, 0.3) is 0 Å². The summed E-state index contributed by atoms with van der Waals surface area (Å²) >= 11 is 0. The molecular formula is C9H8F3NO5S. The third-order valence-corrected chi connectivity index (χ3v) is 2.89. The number of ether oxygens (including phenoxy) is 1. The molecule has 0 unspecified atom stereocenters. The van der Waals surface area contributed by atoms with E-state index >= 15 is 0 Å². The molecule has 6 nitrogen and oxygen atoms in total. The second-order valence-corrected chi connectivity index (χ2v) is 4.90. The standard InChI is InChI=1S/C9H8F3NO5S/c10-9(11,12)19(16,17)13-6-3-1-2-4-7(6)18-5-8(14)15/h1-4,13H,5H2,(H,14,15). The van der Waals surface area contributed by atoms with Gasteiger partial charge in [-0.15, -0.1) is 0 Å². The zero-order chi connectivity index (χ0) is 14.7. The molecule has 19 heavy (non-hydrogen) atoms. The van der Waals surface area contributed by atoms with E-state index in [4.69, 9.17) is 5.11 Å². The van der Waals surface area contributed by atoms with Crippen LogP contribution < -0.4 is 9.46 Å². The molecule has 0 saturated carbocycles. The van der Waals surface area contributed by atoms with Gasteiger partial charge < -0.3 is 9.84 Å². The number of carboxylic acid groups (broad SMARTS) is 1. The van der Waals surface area contributed by atoms with E-state index in [1.807, 2.05) is 0 Å². The van der Waals surface area contributed by atoms with E-state index in [0.29, 0.717) is 0 Å². The lowest BCUT2D eigenvalue weighted by Gasteiger charge is -2.13. The van der Waals surface area contributed by atoms with E-state index in [1.165, 1.54) is 16.9 Å². The monoisotopic (exact) mass is 299 g/mol. The molecule has 1 aromatic carbocycles. The minimum atomic E-state index is -5.59. The van der Waals surface area contributed by atoms with E-state index in [1.54, 1.807) is 0 Å². The van der Waals surface area contributed by atoms with Crippen molar-refractivity contribution in [3.8, 4) is 5.75 Å². The molecule has 0 fully saturated rings. The fourth-order valence-electron chi connectivity index (χ4n) is 1.02. The lowest BCUT2D eigenvalue weighted by atomic mass is 10.3. The number of carbonyl (C=O) groups is 1. The summed E-state index contributed by atoms with van der Waals surface area (Å²) < 4.78 is 64.3. The minimum Gasteiger partial charge on any atom is -0.480 e. The van der Waals surface area contributed by atoms with Crippen LogP contribution in [0.3, 0.4) is 0 Å². The summed E-state index contributed by atoms with van der Waals surface area (Å²) in [5.74, 6) is -1.67. The van der Waals surface area contributed by atoms with Gasteiger partial charge in [-0.25, -0.2) is 4.79 Å². The van der Waals surface area contributed by atoms with E-state index < -0.39 is 33.8 Å². The van der Waals surface area contributed by atoms with Gasteiger partial charge in [0.25, 0.3) is 0 Å². The molecular weight excluding hydrogens is 291 g/mol. The molecule has 0 heterocycles. The predicted octanol–water partition coefficient (Wildman–Crippen LogP) is 1.41. The maximum Gasteiger partial charge on any atom is 0.516 e. The Labute approximate surface area is 105 Å². The summed E-state index contributed by atoms with van der Waals surface area (Å²) in [5, 5.41) is 8.38.